The highest BCUT2D eigenvalue weighted by molar-refractivity contribution is 7.10. The summed E-state index contributed by atoms with van der Waals surface area (Å²) in [5.41, 5.74) is 2.20. The van der Waals surface area contributed by atoms with Crippen LogP contribution in [0.2, 0.25) is 0 Å². The number of rotatable bonds is 4. The molecule has 2 aromatic heterocycles. The molecule has 4 nitrogen and oxygen atoms in total. The van der Waals surface area contributed by atoms with E-state index in [1.807, 2.05) is 43.1 Å². The summed E-state index contributed by atoms with van der Waals surface area (Å²) in [6, 6.07) is 12.0. The van der Waals surface area contributed by atoms with Crippen LogP contribution in [0.15, 0.2) is 46.2 Å². The van der Waals surface area contributed by atoms with Crippen LogP contribution in [0.1, 0.15) is 23.1 Å². The van der Waals surface area contributed by atoms with Crippen LogP contribution in [0.3, 0.4) is 0 Å². The zero-order valence-electron chi connectivity index (χ0n) is 14.6. The third-order valence-corrected chi connectivity index (χ3v) is 6.04. The minimum atomic E-state index is -0.173. The van der Waals surface area contributed by atoms with Gasteiger partial charge in [0.25, 0.3) is 0 Å². The highest BCUT2D eigenvalue weighted by Crippen LogP contribution is 2.25. The van der Waals surface area contributed by atoms with E-state index in [0.717, 1.165) is 36.2 Å². The van der Waals surface area contributed by atoms with Gasteiger partial charge in [-0.3, -0.25) is 9.69 Å². The fourth-order valence-electron chi connectivity index (χ4n) is 3.39. The van der Waals surface area contributed by atoms with Crippen LogP contribution < -0.4 is 0 Å². The molecule has 25 heavy (non-hydrogen) atoms. The number of carbonyl (C=O) groups is 1. The molecule has 1 amide bonds. The Kier molecular flexibility index (Phi) is 4.36. The molecule has 1 aromatic carbocycles. The van der Waals surface area contributed by atoms with Crippen molar-refractivity contribution in [1.82, 2.24) is 9.80 Å². The predicted octanol–water partition coefficient (Wildman–Crippen LogP) is 3.90. The highest BCUT2D eigenvalue weighted by atomic mass is 32.1. The standard InChI is InChI=1S/C20H22N2O2S/c1-14(20(23)22-9-7-19-16(12-22)8-10-25-19)21(2)13-17-11-15-5-3-4-6-18(15)24-17/h3-6,8,10-11,14H,7,9,12-13H2,1-2H3. The average Bonchev–Trinajstić information content (AvgIpc) is 3.25. The maximum Gasteiger partial charge on any atom is 0.239 e. The lowest BCUT2D eigenvalue weighted by molar-refractivity contribution is -0.137. The van der Waals surface area contributed by atoms with Gasteiger partial charge < -0.3 is 9.32 Å². The van der Waals surface area contributed by atoms with Crippen molar-refractivity contribution in [2.24, 2.45) is 0 Å². The number of hydrogen-bond acceptors (Lipinski definition) is 4. The van der Waals surface area contributed by atoms with Crippen LogP contribution >= 0.6 is 11.3 Å². The van der Waals surface area contributed by atoms with Crippen molar-refractivity contribution in [3.63, 3.8) is 0 Å². The molecule has 3 aromatic rings. The first-order chi connectivity index (χ1) is 12.1. The van der Waals surface area contributed by atoms with Gasteiger partial charge in [-0.25, -0.2) is 0 Å². The number of thiophene rings is 1. The second-order valence-electron chi connectivity index (χ2n) is 6.72. The quantitative estimate of drug-likeness (QED) is 0.713. The Morgan fingerprint density at radius 2 is 2.20 bits per heavy atom. The fourth-order valence-corrected chi connectivity index (χ4v) is 4.28. The molecule has 4 rings (SSSR count). The molecule has 0 bridgehead atoms. The molecule has 1 unspecified atom stereocenters. The van der Waals surface area contributed by atoms with Crippen molar-refractivity contribution in [2.75, 3.05) is 13.6 Å². The van der Waals surface area contributed by atoms with Crippen LogP contribution in [0.25, 0.3) is 11.0 Å². The number of benzene rings is 1. The lowest BCUT2D eigenvalue weighted by atomic mass is 10.1. The van der Waals surface area contributed by atoms with E-state index in [-0.39, 0.29) is 11.9 Å². The summed E-state index contributed by atoms with van der Waals surface area (Å²) in [4.78, 5) is 18.4. The van der Waals surface area contributed by atoms with Crippen molar-refractivity contribution >= 4 is 28.2 Å². The first kappa shape index (κ1) is 16.4. The Morgan fingerprint density at radius 1 is 1.36 bits per heavy atom. The molecule has 130 valence electrons. The van der Waals surface area contributed by atoms with Crippen LogP contribution in [-0.4, -0.2) is 35.3 Å². The highest BCUT2D eigenvalue weighted by Gasteiger charge is 2.27. The number of hydrogen-bond donors (Lipinski definition) is 0. The SMILES string of the molecule is CC(C(=O)N1CCc2sccc2C1)N(C)Cc1cc2ccccc2o1. The number of amides is 1. The average molecular weight is 354 g/mol. The van der Waals surface area contributed by atoms with Crippen molar-refractivity contribution in [2.45, 2.75) is 32.5 Å². The normalized spacial score (nSPS) is 15.6. The van der Waals surface area contributed by atoms with Crippen molar-refractivity contribution in [3.8, 4) is 0 Å². The molecule has 1 atom stereocenters. The molecule has 0 saturated heterocycles. The zero-order valence-corrected chi connectivity index (χ0v) is 15.4. The van der Waals surface area contributed by atoms with Gasteiger partial charge in [0, 0.05) is 23.4 Å². The van der Waals surface area contributed by atoms with Crippen molar-refractivity contribution < 1.29 is 9.21 Å². The molecule has 0 fully saturated rings. The zero-order chi connectivity index (χ0) is 17.4. The Labute approximate surface area is 151 Å². The minimum absolute atomic E-state index is 0.173. The molecule has 1 aliphatic rings. The summed E-state index contributed by atoms with van der Waals surface area (Å²) in [6.07, 6.45) is 0.971. The van der Waals surface area contributed by atoms with Gasteiger partial charge in [-0.2, -0.15) is 0 Å². The van der Waals surface area contributed by atoms with Crippen molar-refractivity contribution in [1.29, 1.82) is 0 Å². The van der Waals surface area contributed by atoms with Crippen molar-refractivity contribution in [3.05, 3.63) is 58.0 Å². The van der Waals surface area contributed by atoms with E-state index in [1.165, 1.54) is 10.4 Å². The first-order valence-corrected chi connectivity index (χ1v) is 9.51. The number of furan rings is 1. The second-order valence-corrected chi connectivity index (χ2v) is 7.72. The summed E-state index contributed by atoms with van der Waals surface area (Å²) < 4.78 is 5.88. The van der Waals surface area contributed by atoms with Gasteiger partial charge in [-0.1, -0.05) is 18.2 Å². The molecule has 0 aliphatic carbocycles. The summed E-state index contributed by atoms with van der Waals surface area (Å²) >= 11 is 1.80. The van der Waals surface area contributed by atoms with Gasteiger partial charge in [-0.15, -0.1) is 11.3 Å². The fraction of sp³-hybridized carbons (Fsp3) is 0.350. The van der Waals surface area contributed by atoms with Gasteiger partial charge in [0.2, 0.25) is 5.91 Å². The maximum atomic E-state index is 12.9. The van der Waals surface area contributed by atoms with E-state index < -0.39 is 0 Å². The maximum absolute atomic E-state index is 12.9. The predicted molar refractivity (Wildman–Crippen MR) is 101 cm³/mol. The Balaban J connectivity index is 1.43. The van der Waals surface area contributed by atoms with Gasteiger partial charge in [-0.05, 0) is 49.5 Å². The van der Waals surface area contributed by atoms with E-state index in [0.29, 0.717) is 6.54 Å². The third kappa shape index (κ3) is 3.22. The number of para-hydroxylation sites is 1. The lowest BCUT2D eigenvalue weighted by Gasteiger charge is -2.32. The molecular formula is C20H22N2O2S. The molecule has 1 aliphatic heterocycles. The summed E-state index contributed by atoms with van der Waals surface area (Å²) in [5.74, 6) is 1.08. The molecular weight excluding hydrogens is 332 g/mol. The lowest BCUT2D eigenvalue weighted by Crippen LogP contribution is -2.46. The van der Waals surface area contributed by atoms with Gasteiger partial charge >= 0.3 is 0 Å². The first-order valence-electron chi connectivity index (χ1n) is 8.63. The van der Waals surface area contributed by atoms with E-state index in [4.69, 9.17) is 4.42 Å². The van der Waals surface area contributed by atoms with Gasteiger partial charge in [0.1, 0.15) is 11.3 Å². The largest absolute Gasteiger partial charge is 0.460 e. The number of fused-ring (bicyclic) bond motifs is 2. The third-order valence-electron chi connectivity index (χ3n) is 5.02. The monoisotopic (exact) mass is 354 g/mol. The molecule has 0 radical (unpaired) electrons. The number of nitrogens with zero attached hydrogens (tertiary/aromatic N) is 2. The molecule has 0 spiro atoms. The van der Waals surface area contributed by atoms with Crippen LogP contribution in [0.4, 0.5) is 0 Å². The van der Waals surface area contributed by atoms with Crippen LogP contribution in [-0.2, 0) is 24.3 Å². The Bertz CT molecular complexity index is 865. The van der Waals surface area contributed by atoms with E-state index in [9.17, 15) is 4.79 Å². The van der Waals surface area contributed by atoms with E-state index in [2.05, 4.69) is 22.4 Å². The van der Waals surface area contributed by atoms with Gasteiger partial charge in [0.05, 0.1) is 12.6 Å². The van der Waals surface area contributed by atoms with E-state index >= 15 is 0 Å². The smallest absolute Gasteiger partial charge is 0.239 e. The minimum Gasteiger partial charge on any atom is -0.460 e. The summed E-state index contributed by atoms with van der Waals surface area (Å²) in [6.45, 7) is 4.16. The summed E-state index contributed by atoms with van der Waals surface area (Å²) in [7, 11) is 1.98. The molecule has 3 heterocycles. The van der Waals surface area contributed by atoms with E-state index in [1.54, 1.807) is 11.3 Å². The number of carbonyl (C=O) groups excluding carboxylic acids is 1. The topological polar surface area (TPSA) is 36.7 Å². The molecule has 0 N–H and O–H groups in total. The van der Waals surface area contributed by atoms with Gasteiger partial charge in [0.15, 0.2) is 0 Å². The van der Waals surface area contributed by atoms with Crippen LogP contribution in [0.5, 0.6) is 0 Å². The second kappa shape index (κ2) is 6.65. The molecule has 0 saturated carbocycles. The molecule has 5 heteroatoms. The Morgan fingerprint density at radius 3 is 3.04 bits per heavy atom. The Hall–Kier alpha value is -2.11. The van der Waals surface area contributed by atoms with Crippen LogP contribution in [0, 0.1) is 0 Å². The summed E-state index contributed by atoms with van der Waals surface area (Å²) in [5, 5.41) is 3.22. The number of likely N-dealkylation sites (N-methyl/N-ethyl adjacent to an activating group) is 1.